The van der Waals surface area contributed by atoms with Crippen molar-refractivity contribution in [1.29, 1.82) is 0 Å². The molecule has 0 aliphatic carbocycles. The van der Waals surface area contributed by atoms with Gasteiger partial charge < -0.3 is 14.5 Å². The van der Waals surface area contributed by atoms with Gasteiger partial charge in [0.25, 0.3) is 11.8 Å². The lowest BCUT2D eigenvalue weighted by atomic mass is 10.2. The zero-order valence-electron chi connectivity index (χ0n) is 17.7. The zero-order valence-corrected chi connectivity index (χ0v) is 18.5. The molecule has 7 heteroatoms. The average Bonchev–Trinajstić information content (AvgIpc) is 3.29. The summed E-state index contributed by atoms with van der Waals surface area (Å²) in [6, 6.07) is 17.0. The number of piperazine rings is 1. The second-order valence-corrected chi connectivity index (χ2v) is 8.54. The normalized spacial score (nSPS) is 14.0. The third kappa shape index (κ3) is 4.94. The molecule has 0 spiro atoms. The highest BCUT2D eigenvalue weighted by molar-refractivity contribution is 7.13. The number of benzene rings is 2. The Kier molecular flexibility index (Phi) is 6.32. The SMILES string of the molecule is CC(C)Oc1ccc(-c2nc(C(=O)N3CCN(C(=O)c4ccccc4)CC3)cs2)cc1. The topological polar surface area (TPSA) is 62.7 Å². The monoisotopic (exact) mass is 435 g/mol. The molecule has 4 rings (SSSR count). The van der Waals surface area contributed by atoms with E-state index in [0.717, 1.165) is 16.3 Å². The third-order valence-electron chi connectivity index (χ3n) is 5.07. The summed E-state index contributed by atoms with van der Waals surface area (Å²) in [7, 11) is 0. The number of amides is 2. The number of hydrogen-bond donors (Lipinski definition) is 0. The fourth-order valence-electron chi connectivity index (χ4n) is 3.49. The predicted octanol–water partition coefficient (Wildman–Crippen LogP) is 4.20. The van der Waals surface area contributed by atoms with E-state index in [1.165, 1.54) is 11.3 Å². The van der Waals surface area contributed by atoms with Crippen LogP contribution in [-0.4, -0.2) is 58.9 Å². The van der Waals surface area contributed by atoms with Crippen molar-refractivity contribution in [2.24, 2.45) is 0 Å². The molecule has 1 fully saturated rings. The average molecular weight is 436 g/mol. The third-order valence-corrected chi connectivity index (χ3v) is 5.96. The van der Waals surface area contributed by atoms with Crippen molar-refractivity contribution in [1.82, 2.24) is 14.8 Å². The van der Waals surface area contributed by atoms with Crippen LogP contribution < -0.4 is 4.74 Å². The molecule has 3 aromatic rings. The highest BCUT2D eigenvalue weighted by Gasteiger charge is 2.26. The van der Waals surface area contributed by atoms with Crippen LogP contribution in [0.15, 0.2) is 60.0 Å². The maximum Gasteiger partial charge on any atom is 0.273 e. The number of rotatable bonds is 5. The van der Waals surface area contributed by atoms with E-state index in [4.69, 9.17) is 4.74 Å². The Hall–Kier alpha value is -3.19. The first-order valence-corrected chi connectivity index (χ1v) is 11.3. The molecule has 0 unspecified atom stereocenters. The van der Waals surface area contributed by atoms with Gasteiger partial charge >= 0.3 is 0 Å². The highest BCUT2D eigenvalue weighted by atomic mass is 32.1. The maximum absolute atomic E-state index is 12.9. The van der Waals surface area contributed by atoms with Gasteiger partial charge in [0.2, 0.25) is 0 Å². The second-order valence-electron chi connectivity index (χ2n) is 7.68. The van der Waals surface area contributed by atoms with Gasteiger partial charge in [0.15, 0.2) is 0 Å². The summed E-state index contributed by atoms with van der Waals surface area (Å²) in [6.07, 6.45) is 0.124. The molecule has 6 nitrogen and oxygen atoms in total. The minimum Gasteiger partial charge on any atom is -0.491 e. The summed E-state index contributed by atoms with van der Waals surface area (Å²) in [6.45, 7) is 6.03. The minimum absolute atomic E-state index is 0.00790. The number of carbonyl (C=O) groups is 2. The predicted molar refractivity (Wildman–Crippen MR) is 122 cm³/mol. The standard InChI is InChI=1S/C24H25N3O3S/c1-17(2)30-20-10-8-18(9-11-20)22-25-21(16-31-22)24(29)27-14-12-26(13-15-27)23(28)19-6-4-3-5-7-19/h3-11,16-17H,12-15H2,1-2H3. The Morgan fingerprint density at radius 2 is 1.52 bits per heavy atom. The van der Waals surface area contributed by atoms with Gasteiger partial charge in [0.1, 0.15) is 16.5 Å². The number of ether oxygens (including phenoxy) is 1. The van der Waals surface area contributed by atoms with Gasteiger partial charge in [-0.3, -0.25) is 9.59 Å². The van der Waals surface area contributed by atoms with Crippen LogP contribution in [-0.2, 0) is 0 Å². The Balaban J connectivity index is 1.37. The molecular formula is C24H25N3O3S. The van der Waals surface area contributed by atoms with E-state index in [2.05, 4.69) is 4.98 Å². The number of thiazole rings is 1. The Bertz CT molecular complexity index is 1040. The molecule has 2 aromatic carbocycles. The number of carbonyl (C=O) groups excluding carboxylic acids is 2. The fraction of sp³-hybridized carbons (Fsp3) is 0.292. The molecule has 1 aliphatic rings. The van der Waals surface area contributed by atoms with Crippen LogP contribution in [0.3, 0.4) is 0 Å². The minimum atomic E-state index is -0.0888. The van der Waals surface area contributed by atoms with Crippen LogP contribution in [0.5, 0.6) is 5.75 Å². The van der Waals surface area contributed by atoms with E-state index in [9.17, 15) is 9.59 Å². The first-order chi connectivity index (χ1) is 15.0. The smallest absolute Gasteiger partial charge is 0.273 e. The summed E-state index contributed by atoms with van der Waals surface area (Å²) in [5, 5.41) is 2.61. The molecule has 2 heterocycles. The summed E-state index contributed by atoms with van der Waals surface area (Å²) < 4.78 is 5.68. The van der Waals surface area contributed by atoms with Crippen molar-refractivity contribution in [3.63, 3.8) is 0 Å². The molecule has 0 radical (unpaired) electrons. The van der Waals surface area contributed by atoms with Gasteiger partial charge in [-0.15, -0.1) is 11.3 Å². The Morgan fingerprint density at radius 1 is 0.903 bits per heavy atom. The first-order valence-electron chi connectivity index (χ1n) is 10.4. The van der Waals surface area contributed by atoms with Gasteiger partial charge in [0, 0.05) is 42.7 Å². The summed E-state index contributed by atoms with van der Waals surface area (Å²) >= 11 is 1.45. The lowest BCUT2D eigenvalue weighted by molar-refractivity contribution is 0.0533. The maximum atomic E-state index is 12.9. The van der Waals surface area contributed by atoms with Crippen molar-refractivity contribution in [3.05, 3.63) is 71.2 Å². The molecule has 0 bridgehead atoms. The lowest BCUT2D eigenvalue weighted by Gasteiger charge is -2.34. The quantitative estimate of drug-likeness (QED) is 0.603. The molecule has 0 N–H and O–H groups in total. The van der Waals surface area contributed by atoms with Gasteiger partial charge in [-0.25, -0.2) is 4.98 Å². The van der Waals surface area contributed by atoms with E-state index >= 15 is 0 Å². The van der Waals surface area contributed by atoms with Gasteiger partial charge in [-0.1, -0.05) is 18.2 Å². The molecule has 160 valence electrons. The molecule has 1 aliphatic heterocycles. The first kappa shape index (κ1) is 21.1. The molecular weight excluding hydrogens is 410 g/mol. The zero-order chi connectivity index (χ0) is 21.8. The van der Waals surface area contributed by atoms with Gasteiger partial charge in [-0.05, 0) is 50.2 Å². The molecule has 31 heavy (non-hydrogen) atoms. The van der Waals surface area contributed by atoms with Gasteiger partial charge in [-0.2, -0.15) is 0 Å². The van der Waals surface area contributed by atoms with Crippen molar-refractivity contribution in [2.75, 3.05) is 26.2 Å². The van der Waals surface area contributed by atoms with E-state index in [1.54, 1.807) is 15.2 Å². The molecule has 1 saturated heterocycles. The Labute approximate surface area is 186 Å². The summed E-state index contributed by atoms with van der Waals surface area (Å²) in [5.74, 6) is 0.733. The lowest BCUT2D eigenvalue weighted by Crippen LogP contribution is -2.50. The van der Waals surface area contributed by atoms with Crippen molar-refractivity contribution >= 4 is 23.2 Å². The van der Waals surface area contributed by atoms with Crippen molar-refractivity contribution in [2.45, 2.75) is 20.0 Å². The van der Waals surface area contributed by atoms with Crippen LogP contribution in [0.4, 0.5) is 0 Å². The van der Waals surface area contributed by atoms with Gasteiger partial charge in [0.05, 0.1) is 6.10 Å². The second kappa shape index (κ2) is 9.31. The number of nitrogens with zero attached hydrogens (tertiary/aromatic N) is 3. The summed E-state index contributed by atoms with van der Waals surface area (Å²) in [5.41, 5.74) is 2.08. The van der Waals surface area contributed by atoms with Crippen molar-refractivity contribution < 1.29 is 14.3 Å². The molecule has 0 atom stereocenters. The van der Waals surface area contributed by atoms with Crippen LogP contribution in [0, 0.1) is 0 Å². The fourth-order valence-corrected chi connectivity index (χ4v) is 4.29. The van der Waals surface area contributed by atoms with Crippen LogP contribution >= 0.6 is 11.3 Å². The molecule has 0 saturated carbocycles. The van der Waals surface area contributed by atoms with E-state index in [1.807, 2.05) is 68.4 Å². The van der Waals surface area contributed by atoms with Crippen LogP contribution in [0.2, 0.25) is 0 Å². The van der Waals surface area contributed by atoms with E-state index < -0.39 is 0 Å². The molecule has 2 amide bonds. The van der Waals surface area contributed by atoms with Crippen molar-refractivity contribution in [3.8, 4) is 16.3 Å². The number of hydrogen-bond acceptors (Lipinski definition) is 5. The van der Waals surface area contributed by atoms with E-state index in [-0.39, 0.29) is 17.9 Å². The van der Waals surface area contributed by atoms with Crippen LogP contribution in [0.1, 0.15) is 34.7 Å². The largest absolute Gasteiger partial charge is 0.491 e. The number of aromatic nitrogens is 1. The highest BCUT2D eigenvalue weighted by Crippen LogP contribution is 2.27. The Morgan fingerprint density at radius 3 is 2.13 bits per heavy atom. The molecule has 1 aromatic heterocycles. The van der Waals surface area contributed by atoms with E-state index in [0.29, 0.717) is 37.4 Å². The summed E-state index contributed by atoms with van der Waals surface area (Å²) in [4.78, 5) is 33.6. The van der Waals surface area contributed by atoms with Crippen LogP contribution in [0.25, 0.3) is 10.6 Å².